The quantitative estimate of drug-likeness (QED) is 0.848. The third kappa shape index (κ3) is 2.44. The number of hydrogen-bond acceptors (Lipinski definition) is 3. The van der Waals surface area contributed by atoms with Crippen LogP contribution in [0.1, 0.15) is 22.7 Å². The van der Waals surface area contributed by atoms with Gasteiger partial charge in [-0.3, -0.25) is 9.97 Å². The van der Waals surface area contributed by atoms with Gasteiger partial charge >= 0.3 is 0 Å². The van der Waals surface area contributed by atoms with Crippen molar-refractivity contribution in [2.24, 2.45) is 5.73 Å². The molecule has 3 heteroatoms. The molecule has 3 nitrogen and oxygen atoms in total. The average Bonchev–Trinajstić information content (AvgIpc) is 2.31. The van der Waals surface area contributed by atoms with Crippen molar-refractivity contribution in [3.8, 4) is 0 Å². The number of hydrogen-bond donors (Lipinski definition) is 1. The largest absolute Gasteiger partial charge is 0.324 e. The van der Waals surface area contributed by atoms with Crippen LogP contribution in [0.4, 0.5) is 0 Å². The Morgan fingerprint density at radius 2 is 1.81 bits per heavy atom. The maximum absolute atomic E-state index is 6.17. The summed E-state index contributed by atoms with van der Waals surface area (Å²) in [4.78, 5) is 8.11. The van der Waals surface area contributed by atoms with Crippen LogP contribution in [0.2, 0.25) is 0 Å². The van der Waals surface area contributed by atoms with E-state index in [-0.39, 0.29) is 6.04 Å². The molecule has 0 aliphatic heterocycles. The summed E-state index contributed by atoms with van der Waals surface area (Å²) < 4.78 is 0. The van der Waals surface area contributed by atoms with Crippen molar-refractivity contribution in [2.75, 3.05) is 0 Å². The number of nitrogens with two attached hydrogens (primary N) is 1. The maximum atomic E-state index is 6.17. The minimum atomic E-state index is -0.00361. The smallest absolute Gasteiger partial charge is 0.0353 e. The molecule has 82 valence electrons. The van der Waals surface area contributed by atoms with E-state index in [4.69, 9.17) is 5.73 Å². The Labute approximate surface area is 95.4 Å². The monoisotopic (exact) mass is 213 g/mol. The van der Waals surface area contributed by atoms with Gasteiger partial charge in [0.2, 0.25) is 0 Å². The Balaban J connectivity index is 2.15. The minimum Gasteiger partial charge on any atom is -0.324 e. The van der Waals surface area contributed by atoms with Crippen molar-refractivity contribution >= 4 is 0 Å². The molecule has 2 aromatic heterocycles. The summed E-state index contributed by atoms with van der Waals surface area (Å²) >= 11 is 0. The summed E-state index contributed by atoms with van der Waals surface area (Å²) in [6.45, 7) is 2.06. The lowest BCUT2D eigenvalue weighted by atomic mass is 9.98. The van der Waals surface area contributed by atoms with E-state index in [0.29, 0.717) is 0 Å². The lowest BCUT2D eigenvalue weighted by Gasteiger charge is -2.13. The molecule has 2 N–H and O–H groups in total. The summed E-state index contributed by atoms with van der Waals surface area (Å²) in [6, 6.07) is 5.97. The van der Waals surface area contributed by atoms with E-state index in [1.165, 1.54) is 11.1 Å². The number of pyridine rings is 2. The molecule has 2 aromatic rings. The van der Waals surface area contributed by atoms with E-state index in [2.05, 4.69) is 16.9 Å². The van der Waals surface area contributed by atoms with Gasteiger partial charge in [-0.25, -0.2) is 0 Å². The number of aromatic nitrogens is 2. The average molecular weight is 213 g/mol. The number of aryl methyl sites for hydroxylation is 1. The fourth-order valence-corrected chi connectivity index (χ4v) is 1.75. The van der Waals surface area contributed by atoms with E-state index in [1.54, 1.807) is 18.6 Å². The van der Waals surface area contributed by atoms with Gasteiger partial charge in [-0.05, 0) is 48.2 Å². The molecule has 0 amide bonds. The molecule has 0 aliphatic rings. The highest BCUT2D eigenvalue weighted by atomic mass is 14.7. The topological polar surface area (TPSA) is 51.8 Å². The number of rotatable bonds is 3. The summed E-state index contributed by atoms with van der Waals surface area (Å²) in [7, 11) is 0. The van der Waals surface area contributed by atoms with Crippen molar-refractivity contribution in [2.45, 2.75) is 19.4 Å². The molecule has 0 radical (unpaired) electrons. The van der Waals surface area contributed by atoms with Gasteiger partial charge in [0, 0.05) is 30.8 Å². The second-order valence-electron chi connectivity index (χ2n) is 3.90. The van der Waals surface area contributed by atoms with Crippen molar-refractivity contribution in [1.29, 1.82) is 0 Å². The van der Waals surface area contributed by atoms with Crippen LogP contribution < -0.4 is 5.73 Å². The van der Waals surface area contributed by atoms with Crippen LogP contribution in [0.3, 0.4) is 0 Å². The van der Waals surface area contributed by atoms with Crippen LogP contribution in [-0.2, 0) is 6.42 Å². The van der Waals surface area contributed by atoms with Gasteiger partial charge in [0.1, 0.15) is 0 Å². The van der Waals surface area contributed by atoms with Crippen LogP contribution in [0.25, 0.3) is 0 Å². The molecule has 0 saturated heterocycles. The molecule has 0 fully saturated rings. The predicted molar refractivity (Wildman–Crippen MR) is 63.8 cm³/mol. The zero-order chi connectivity index (χ0) is 11.4. The molecule has 1 atom stereocenters. The lowest BCUT2D eigenvalue weighted by Crippen LogP contribution is -2.14. The normalized spacial score (nSPS) is 12.4. The Kier molecular flexibility index (Phi) is 3.27. The van der Waals surface area contributed by atoms with E-state index in [9.17, 15) is 0 Å². The van der Waals surface area contributed by atoms with Crippen molar-refractivity contribution in [3.05, 3.63) is 59.7 Å². The van der Waals surface area contributed by atoms with Crippen LogP contribution in [0.15, 0.2) is 43.0 Å². The van der Waals surface area contributed by atoms with Gasteiger partial charge in [0.15, 0.2) is 0 Å². The zero-order valence-electron chi connectivity index (χ0n) is 9.30. The standard InChI is InChI=1S/C13H15N3/c1-10-2-5-16-9-12(10)13(14)8-11-3-6-15-7-4-11/h2-7,9,13H,8,14H2,1H3. The first-order valence-corrected chi connectivity index (χ1v) is 5.32. The van der Waals surface area contributed by atoms with E-state index in [1.807, 2.05) is 24.4 Å². The van der Waals surface area contributed by atoms with Crippen LogP contribution >= 0.6 is 0 Å². The number of nitrogens with zero attached hydrogens (tertiary/aromatic N) is 2. The Morgan fingerprint density at radius 1 is 1.12 bits per heavy atom. The van der Waals surface area contributed by atoms with Crippen molar-refractivity contribution in [1.82, 2.24) is 9.97 Å². The van der Waals surface area contributed by atoms with E-state index in [0.717, 1.165) is 12.0 Å². The zero-order valence-corrected chi connectivity index (χ0v) is 9.30. The first-order valence-electron chi connectivity index (χ1n) is 5.32. The second-order valence-corrected chi connectivity index (χ2v) is 3.90. The molecule has 0 bridgehead atoms. The molecular weight excluding hydrogens is 198 g/mol. The minimum absolute atomic E-state index is 0.00361. The van der Waals surface area contributed by atoms with Crippen LogP contribution in [-0.4, -0.2) is 9.97 Å². The maximum Gasteiger partial charge on any atom is 0.0353 e. The van der Waals surface area contributed by atoms with Crippen molar-refractivity contribution < 1.29 is 0 Å². The van der Waals surface area contributed by atoms with Gasteiger partial charge in [-0.2, -0.15) is 0 Å². The highest BCUT2D eigenvalue weighted by Crippen LogP contribution is 2.17. The van der Waals surface area contributed by atoms with E-state index < -0.39 is 0 Å². The second kappa shape index (κ2) is 4.86. The molecule has 0 saturated carbocycles. The molecule has 1 unspecified atom stereocenters. The Morgan fingerprint density at radius 3 is 2.50 bits per heavy atom. The predicted octanol–water partition coefficient (Wildman–Crippen LogP) is 2.03. The SMILES string of the molecule is Cc1ccncc1C(N)Cc1ccncc1. The van der Waals surface area contributed by atoms with Crippen LogP contribution in [0, 0.1) is 6.92 Å². The molecule has 2 heterocycles. The summed E-state index contributed by atoms with van der Waals surface area (Å²) in [6.07, 6.45) is 8.03. The lowest BCUT2D eigenvalue weighted by molar-refractivity contribution is 0.711. The first kappa shape index (κ1) is 10.8. The first-order chi connectivity index (χ1) is 7.77. The highest BCUT2D eigenvalue weighted by Gasteiger charge is 2.09. The van der Waals surface area contributed by atoms with E-state index >= 15 is 0 Å². The molecular formula is C13H15N3. The van der Waals surface area contributed by atoms with Crippen LogP contribution in [0.5, 0.6) is 0 Å². The van der Waals surface area contributed by atoms with Gasteiger partial charge in [-0.1, -0.05) is 0 Å². The van der Waals surface area contributed by atoms with Crippen molar-refractivity contribution in [3.63, 3.8) is 0 Å². The summed E-state index contributed by atoms with van der Waals surface area (Å²) in [5.41, 5.74) is 9.67. The molecule has 0 spiro atoms. The third-order valence-corrected chi connectivity index (χ3v) is 2.68. The van der Waals surface area contributed by atoms with Gasteiger partial charge in [-0.15, -0.1) is 0 Å². The highest BCUT2D eigenvalue weighted by molar-refractivity contribution is 5.26. The van der Waals surface area contributed by atoms with Gasteiger partial charge in [0.05, 0.1) is 0 Å². The van der Waals surface area contributed by atoms with Gasteiger partial charge < -0.3 is 5.73 Å². The fraction of sp³-hybridized carbons (Fsp3) is 0.231. The molecule has 0 aromatic carbocycles. The summed E-state index contributed by atoms with van der Waals surface area (Å²) in [5, 5.41) is 0. The Bertz CT molecular complexity index is 454. The summed E-state index contributed by atoms with van der Waals surface area (Å²) in [5.74, 6) is 0. The third-order valence-electron chi connectivity index (χ3n) is 2.68. The molecule has 2 rings (SSSR count). The fourth-order valence-electron chi connectivity index (χ4n) is 1.75. The Hall–Kier alpha value is -1.74. The molecule has 0 aliphatic carbocycles. The van der Waals surface area contributed by atoms with Gasteiger partial charge in [0.25, 0.3) is 0 Å². The molecule has 16 heavy (non-hydrogen) atoms.